The van der Waals surface area contributed by atoms with Gasteiger partial charge >= 0.3 is 0 Å². The van der Waals surface area contributed by atoms with Crippen molar-refractivity contribution in [3.63, 3.8) is 0 Å². The zero-order chi connectivity index (χ0) is 19.0. The van der Waals surface area contributed by atoms with E-state index in [2.05, 4.69) is 50.3 Å². The Balaban J connectivity index is 1.66. The minimum Gasteiger partial charge on any atom is -0.314 e. The standard InChI is InChI=1S/C21H22N4OS/c1-15(23(2)3)12-24-8-6-17(11-21(24)26)16-4-5-20-19(10-16)22-14-25(20)18-7-9-27-13-18/h4-11,13-15H,12H2,1-3H3. The molecule has 0 aliphatic carbocycles. The van der Waals surface area contributed by atoms with Crippen molar-refractivity contribution in [3.8, 4) is 16.8 Å². The highest BCUT2D eigenvalue weighted by Gasteiger charge is 2.10. The molecule has 138 valence electrons. The van der Waals surface area contributed by atoms with Crippen molar-refractivity contribution in [2.24, 2.45) is 0 Å². The molecule has 6 heteroatoms. The number of hydrogen-bond acceptors (Lipinski definition) is 4. The van der Waals surface area contributed by atoms with Crippen LogP contribution in [0.15, 0.2) is 64.5 Å². The van der Waals surface area contributed by atoms with Crippen LogP contribution < -0.4 is 5.56 Å². The first-order valence-electron chi connectivity index (χ1n) is 8.90. The molecule has 0 amide bonds. The molecule has 4 aromatic rings. The van der Waals surface area contributed by atoms with Crippen LogP contribution in [0.2, 0.25) is 0 Å². The normalized spacial score (nSPS) is 12.7. The smallest absolute Gasteiger partial charge is 0.251 e. The van der Waals surface area contributed by atoms with Crippen LogP contribution >= 0.6 is 11.3 Å². The van der Waals surface area contributed by atoms with E-state index in [4.69, 9.17) is 0 Å². The summed E-state index contributed by atoms with van der Waals surface area (Å²) < 4.78 is 3.84. The Hall–Kier alpha value is -2.70. The summed E-state index contributed by atoms with van der Waals surface area (Å²) in [6.45, 7) is 2.79. The highest BCUT2D eigenvalue weighted by molar-refractivity contribution is 7.08. The molecule has 4 rings (SSSR count). The predicted octanol–water partition coefficient (Wildman–Crippen LogP) is 3.87. The minimum absolute atomic E-state index is 0.0186. The summed E-state index contributed by atoms with van der Waals surface area (Å²) in [6.07, 6.45) is 3.73. The molecule has 0 saturated heterocycles. The van der Waals surface area contributed by atoms with Gasteiger partial charge in [-0.05, 0) is 61.8 Å². The second kappa shape index (κ2) is 7.13. The van der Waals surface area contributed by atoms with Gasteiger partial charge in [0.05, 0.1) is 16.7 Å². The fourth-order valence-electron chi connectivity index (χ4n) is 3.08. The molecule has 3 aromatic heterocycles. The van der Waals surface area contributed by atoms with Crippen LogP contribution in [0.25, 0.3) is 27.8 Å². The summed E-state index contributed by atoms with van der Waals surface area (Å²) in [4.78, 5) is 19.2. The third-order valence-corrected chi connectivity index (χ3v) is 5.67. The Bertz CT molecular complexity index is 1120. The zero-order valence-corrected chi connectivity index (χ0v) is 16.5. The van der Waals surface area contributed by atoms with Crippen LogP contribution in [0.3, 0.4) is 0 Å². The van der Waals surface area contributed by atoms with Crippen molar-refractivity contribution >= 4 is 22.4 Å². The molecule has 3 heterocycles. The second-order valence-corrected chi connectivity index (χ2v) is 7.80. The third-order valence-electron chi connectivity index (χ3n) is 5.00. The number of pyridine rings is 1. The Morgan fingerprint density at radius 1 is 1.15 bits per heavy atom. The quantitative estimate of drug-likeness (QED) is 0.530. The lowest BCUT2D eigenvalue weighted by Crippen LogP contribution is -2.33. The number of thiophene rings is 1. The lowest BCUT2D eigenvalue weighted by Gasteiger charge is -2.20. The maximum atomic E-state index is 12.5. The number of imidazole rings is 1. The van der Waals surface area contributed by atoms with Crippen molar-refractivity contribution in [3.05, 3.63) is 70.0 Å². The van der Waals surface area contributed by atoms with Crippen LogP contribution in [0.1, 0.15) is 6.92 Å². The van der Waals surface area contributed by atoms with E-state index in [1.165, 1.54) is 0 Å². The van der Waals surface area contributed by atoms with Gasteiger partial charge < -0.3 is 9.47 Å². The van der Waals surface area contributed by atoms with Crippen LogP contribution in [-0.4, -0.2) is 39.2 Å². The highest BCUT2D eigenvalue weighted by Crippen LogP contribution is 2.25. The molecule has 5 nitrogen and oxygen atoms in total. The Labute approximate surface area is 162 Å². The summed E-state index contributed by atoms with van der Waals surface area (Å²) >= 11 is 1.67. The summed E-state index contributed by atoms with van der Waals surface area (Å²) in [7, 11) is 4.04. The Morgan fingerprint density at radius 3 is 2.67 bits per heavy atom. The van der Waals surface area contributed by atoms with Crippen LogP contribution in [0.4, 0.5) is 0 Å². The van der Waals surface area contributed by atoms with Crippen LogP contribution in [0.5, 0.6) is 0 Å². The number of hydrogen-bond donors (Lipinski definition) is 0. The van der Waals surface area contributed by atoms with E-state index in [0.717, 1.165) is 27.8 Å². The van der Waals surface area contributed by atoms with Crippen molar-refractivity contribution in [2.45, 2.75) is 19.5 Å². The van der Waals surface area contributed by atoms with E-state index >= 15 is 0 Å². The van der Waals surface area contributed by atoms with Gasteiger partial charge in [-0.1, -0.05) is 6.07 Å². The molecule has 0 aliphatic rings. The fraction of sp³-hybridized carbons (Fsp3) is 0.238. The van der Waals surface area contributed by atoms with Gasteiger partial charge in [-0.15, -0.1) is 0 Å². The van der Waals surface area contributed by atoms with E-state index in [9.17, 15) is 4.79 Å². The van der Waals surface area contributed by atoms with Crippen molar-refractivity contribution in [1.29, 1.82) is 0 Å². The number of aromatic nitrogens is 3. The number of fused-ring (bicyclic) bond motifs is 1. The molecule has 0 saturated carbocycles. The minimum atomic E-state index is 0.0186. The van der Waals surface area contributed by atoms with E-state index in [0.29, 0.717) is 12.6 Å². The van der Waals surface area contributed by atoms with Crippen molar-refractivity contribution in [2.75, 3.05) is 14.1 Å². The number of benzene rings is 1. The summed E-state index contributed by atoms with van der Waals surface area (Å²) in [6, 6.07) is 12.2. The first-order valence-corrected chi connectivity index (χ1v) is 9.84. The van der Waals surface area contributed by atoms with Gasteiger partial charge in [-0.25, -0.2) is 4.98 Å². The van der Waals surface area contributed by atoms with Gasteiger partial charge in [-0.3, -0.25) is 9.36 Å². The van der Waals surface area contributed by atoms with E-state index in [-0.39, 0.29) is 5.56 Å². The largest absolute Gasteiger partial charge is 0.314 e. The van der Waals surface area contributed by atoms with Gasteiger partial charge in [0.15, 0.2) is 0 Å². The van der Waals surface area contributed by atoms with E-state index in [1.54, 1.807) is 22.0 Å². The van der Waals surface area contributed by atoms with Gasteiger partial charge in [0.1, 0.15) is 6.33 Å². The van der Waals surface area contributed by atoms with Gasteiger partial charge in [0, 0.05) is 30.2 Å². The van der Waals surface area contributed by atoms with E-state index < -0.39 is 0 Å². The van der Waals surface area contributed by atoms with Crippen LogP contribution in [-0.2, 0) is 6.54 Å². The first kappa shape index (κ1) is 17.7. The number of rotatable bonds is 5. The molecule has 1 aromatic carbocycles. The van der Waals surface area contributed by atoms with Gasteiger partial charge in [0.25, 0.3) is 5.56 Å². The summed E-state index contributed by atoms with van der Waals surface area (Å²) in [5.41, 5.74) is 5.04. The highest BCUT2D eigenvalue weighted by atomic mass is 32.1. The molecule has 0 N–H and O–H groups in total. The lowest BCUT2D eigenvalue weighted by molar-refractivity contribution is 0.281. The van der Waals surface area contributed by atoms with Gasteiger partial charge in [0.2, 0.25) is 0 Å². The molecule has 1 unspecified atom stereocenters. The maximum Gasteiger partial charge on any atom is 0.251 e. The fourth-order valence-corrected chi connectivity index (χ4v) is 3.71. The summed E-state index contributed by atoms with van der Waals surface area (Å²) in [5.74, 6) is 0. The molecule has 0 radical (unpaired) electrons. The molecule has 0 bridgehead atoms. The first-order chi connectivity index (χ1) is 13.0. The number of nitrogens with zero attached hydrogens (tertiary/aromatic N) is 4. The molecule has 1 atom stereocenters. The monoisotopic (exact) mass is 378 g/mol. The van der Waals surface area contributed by atoms with Gasteiger partial charge in [-0.2, -0.15) is 11.3 Å². The van der Waals surface area contributed by atoms with Crippen molar-refractivity contribution < 1.29 is 0 Å². The SMILES string of the molecule is CC(Cn1ccc(-c2ccc3c(c2)ncn3-c2ccsc2)cc1=O)N(C)C. The number of likely N-dealkylation sites (N-methyl/N-ethyl adjacent to an activating group) is 1. The average molecular weight is 379 g/mol. The predicted molar refractivity (Wildman–Crippen MR) is 112 cm³/mol. The Kier molecular flexibility index (Phi) is 4.68. The van der Waals surface area contributed by atoms with Crippen molar-refractivity contribution in [1.82, 2.24) is 19.0 Å². The molecule has 27 heavy (non-hydrogen) atoms. The molecule has 0 fully saturated rings. The molecule has 0 aliphatic heterocycles. The second-order valence-electron chi connectivity index (χ2n) is 7.02. The lowest BCUT2D eigenvalue weighted by atomic mass is 10.1. The molecular formula is C21H22N4OS. The summed E-state index contributed by atoms with van der Waals surface area (Å²) in [5, 5.41) is 4.16. The topological polar surface area (TPSA) is 43.1 Å². The zero-order valence-electron chi connectivity index (χ0n) is 15.7. The van der Waals surface area contributed by atoms with Crippen LogP contribution in [0, 0.1) is 0 Å². The maximum absolute atomic E-state index is 12.5. The van der Waals surface area contributed by atoms with E-state index in [1.807, 2.05) is 38.8 Å². The Morgan fingerprint density at radius 2 is 1.96 bits per heavy atom. The molecular weight excluding hydrogens is 356 g/mol. The molecule has 0 spiro atoms. The average Bonchev–Trinajstić information content (AvgIpc) is 3.31. The third kappa shape index (κ3) is 3.46.